The molecule has 0 unspecified atom stereocenters. The first-order valence-corrected chi connectivity index (χ1v) is 9.85. The van der Waals surface area contributed by atoms with E-state index < -0.39 is 17.5 Å². The van der Waals surface area contributed by atoms with Gasteiger partial charge in [0.1, 0.15) is 16.9 Å². The van der Waals surface area contributed by atoms with Crippen LogP contribution in [0, 0.1) is 0 Å². The Morgan fingerprint density at radius 1 is 1.16 bits per heavy atom. The lowest BCUT2D eigenvalue weighted by atomic mass is 10.1. The maximum absolute atomic E-state index is 12.2. The Morgan fingerprint density at radius 2 is 1.97 bits per heavy atom. The highest BCUT2D eigenvalue weighted by Crippen LogP contribution is 2.21. The number of ether oxygens (including phenoxy) is 2. The van der Waals surface area contributed by atoms with Crippen LogP contribution in [0.3, 0.4) is 0 Å². The van der Waals surface area contributed by atoms with Gasteiger partial charge in [-0.15, -0.1) is 0 Å². The van der Waals surface area contributed by atoms with E-state index in [1.54, 1.807) is 49.6 Å². The van der Waals surface area contributed by atoms with E-state index in [0.717, 1.165) is 0 Å². The second-order valence-corrected chi connectivity index (χ2v) is 6.93. The summed E-state index contributed by atoms with van der Waals surface area (Å²) < 4.78 is 15.4. The topological polar surface area (TPSA) is 94.8 Å². The van der Waals surface area contributed by atoms with Gasteiger partial charge in [0.25, 0.3) is 5.91 Å². The Labute approximate surface area is 183 Å². The van der Waals surface area contributed by atoms with E-state index in [4.69, 9.17) is 25.5 Å². The molecule has 2 aromatic carbocycles. The van der Waals surface area contributed by atoms with Gasteiger partial charge in [-0.2, -0.15) is 0 Å². The quantitative estimate of drug-likeness (QED) is 0.188. The molecule has 0 atom stereocenters. The molecule has 1 aromatic heterocycles. The summed E-state index contributed by atoms with van der Waals surface area (Å²) in [7, 11) is 1.57. The Bertz CT molecular complexity index is 1180. The Hall–Kier alpha value is -3.42. The van der Waals surface area contributed by atoms with E-state index >= 15 is 0 Å². The first-order chi connectivity index (χ1) is 15.0. The zero-order valence-electron chi connectivity index (χ0n) is 16.7. The van der Waals surface area contributed by atoms with Crippen LogP contribution in [0.1, 0.15) is 22.3 Å². The number of rotatable bonds is 8. The van der Waals surface area contributed by atoms with Crippen molar-refractivity contribution >= 4 is 40.5 Å². The fourth-order valence-corrected chi connectivity index (χ4v) is 2.94. The number of hydrogen-bond acceptors (Lipinski definition) is 6. The summed E-state index contributed by atoms with van der Waals surface area (Å²) in [5, 5.41) is 3.68. The molecular formula is C23H20ClNO6. The van der Waals surface area contributed by atoms with Gasteiger partial charge in [-0.1, -0.05) is 29.8 Å². The average Bonchev–Trinajstić information content (AvgIpc) is 2.75. The molecule has 0 spiro atoms. The minimum absolute atomic E-state index is 0.0997. The smallest absolute Gasteiger partial charge is 0.349 e. The lowest BCUT2D eigenvalue weighted by molar-refractivity contribution is -0.128. The maximum atomic E-state index is 12.2. The molecule has 8 heteroatoms. The van der Waals surface area contributed by atoms with Crippen molar-refractivity contribution in [2.24, 2.45) is 0 Å². The first kappa shape index (κ1) is 22.3. The molecule has 7 nitrogen and oxygen atoms in total. The number of halogens is 1. The maximum Gasteiger partial charge on any atom is 0.349 e. The van der Waals surface area contributed by atoms with E-state index in [9.17, 15) is 14.4 Å². The van der Waals surface area contributed by atoms with Gasteiger partial charge in [0, 0.05) is 42.8 Å². The van der Waals surface area contributed by atoms with Crippen LogP contribution >= 0.6 is 11.6 Å². The van der Waals surface area contributed by atoms with Crippen LogP contribution in [0.5, 0.6) is 5.75 Å². The van der Waals surface area contributed by atoms with Crippen LogP contribution in [0.2, 0.25) is 5.02 Å². The molecule has 0 aliphatic rings. The third-order valence-electron chi connectivity index (χ3n) is 4.29. The molecule has 160 valence electrons. The summed E-state index contributed by atoms with van der Waals surface area (Å²) in [6.07, 6.45) is 3.42. The molecular weight excluding hydrogens is 422 g/mol. The van der Waals surface area contributed by atoms with Crippen molar-refractivity contribution in [2.45, 2.75) is 6.42 Å². The molecule has 1 N–H and O–H groups in total. The number of nitrogens with one attached hydrogen (secondary N) is 1. The molecule has 0 saturated heterocycles. The highest BCUT2D eigenvalue weighted by atomic mass is 35.5. The zero-order valence-corrected chi connectivity index (χ0v) is 17.5. The monoisotopic (exact) mass is 441 g/mol. The fraction of sp³-hybridized carbons (Fsp3) is 0.174. The summed E-state index contributed by atoms with van der Waals surface area (Å²) in [6.45, 7) is 0.877. The Morgan fingerprint density at radius 3 is 2.74 bits per heavy atom. The highest BCUT2D eigenvalue weighted by molar-refractivity contribution is 6.32. The van der Waals surface area contributed by atoms with Gasteiger partial charge >= 0.3 is 11.6 Å². The average molecular weight is 442 g/mol. The predicted octanol–water partition coefficient (Wildman–Crippen LogP) is 3.83. The molecule has 31 heavy (non-hydrogen) atoms. The number of esters is 1. The minimum atomic E-state index is -0.779. The van der Waals surface area contributed by atoms with Crippen LogP contribution in [-0.4, -0.2) is 32.1 Å². The van der Waals surface area contributed by atoms with Crippen LogP contribution < -0.4 is 15.7 Å². The van der Waals surface area contributed by atoms with Crippen molar-refractivity contribution < 1.29 is 23.5 Å². The Kier molecular flexibility index (Phi) is 7.59. The van der Waals surface area contributed by atoms with Gasteiger partial charge in [-0.25, -0.2) is 9.59 Å². The van der Waals surface area contributed by atoms with Crippen LogP contribution in [0.4, 0.5) is 0 Å². The van der Waals surface area contributed by atoms with Crippen molar-refractivity contribution in [3.8, 4) is 5.75 Å². The fourth-order valence-electron chi connectivity index (χ4n) is 2.75. The van der Waals surface area contributed by atoms with E-state index in [0.29, 0.717) is 35.5 Å². The second kappa shape index (κ2) is 10.6. The molecule has 0 bridgehead atoms. The van der Waals surface area contributed by atoms with Crippen molar-refractivity contribution in [3.63, 3.8) is 0 Å². The lowest BCUT2D eigenvalue weighted by Crippen LogP contribution is -2.29. The number of carbonyl (C=O) groups is 2. The third kappa shape index (κ3) is 6.04. The van der Waals surface area contributed by atoms with Crippen LogP contribution in [0.25, 0.3) is 17.0 Å². The van der Waals surface area contributed by atoms with Crippen LogP contribution in [-0.2, 0) is 9.53 Å². The number of hydrogen-bond donors (Lipinski definition) is 1. The molecule has 1 amide bonds. The number of carbonyl (C=O) groups excluding carboxylic acids is 2. The zero-order chi connectivity index (χ0) is 22.2. The number of fused-ring (bicyclic) bond motifs is 1. The van der Waals surface area contributed by atoms with Gasteiger partial charge in [-0.05, 0) is 42.3 Å². The van der Waals surface area contributed by atoms with Gasteiger partial charge < -0.3 is 19.2 Å². The van der Waals surface area contributed by atoms with E-state index in [1.165, 1.54) is 18.2 Å². The molecule has 3 rings (SSSR count). The third-order valence-corrected chi connectivity index (χ3v) is 4.63. The molecule has 0 aliphatic carbocycles. The lowest BCUT2D eigenvalue weighted by Gasteiger charge is -2.06. The second-order valence-electron chi connectivity index (χ2n) is 6.53. The summed E-state index contributed by atoms with van der Waals surface area (Å²) >= 11 is 6.05. The molecule has 1 heterocycles. The van der Waals surface area contributed by atoms with Crippen molar-refractivity contribution in [2.75, 3.05) is 20.3 Å². The minimum Gasteiger partial charge on any atom is -0.423 e. The predicted molar refractivity (Wildman–Crippen MR) is 117 cm³/mol. The normalized spacial score (nSPS) is 11.0. The van der Waals surface area contributed by atoms with Gasteiger partial charge in [0.15, 0.2) is 0 Å². The van der Waals surface area contributed by atoms with Gasteiger partial charge in [0.2, 0.25) is 0 Å². The summed E-state index contributed by atoms with van der Waals surface area (Å²) in [4.78, 5) is 36.5. The standard InChI is InChI=1S/C23H20ClNO6/c1-29-12-4-11-25-22(27)18-13-16-7-9-17(14-20(16)31-23(18)28)30-21(26)10-8-15-5-2-3-6-19(15)24/h2-3,5-10,13-14H,4,11-12H2,1H3,(H,25,27)/b10-8+. The highest BCUT2D eigenvalue weighted by Gasteiger charge is 2.14. The SMILES string of the molecule is COCCCNC(=O)c1cc2ccc(OC(=O)/C=C/c3ccccc3Cl)cc2oc1=O. The van der Waals surface area contributed by atoms with Crippen LogP contribution in [0.15, 0.2) is 63.8 Å². The van der Waals surface area contributed by atoms with E-state index in [1.807, 2.05) is 0 Å². The summed E-state index contributed by atoms with van der Waals surface area (Å²) in [6, 6.07) is 13.1. The molecule has 0 saturated carbocycles. The van der Waals surface area contributed by atoms with Gasteiger partial charge in [0.05, 0.1) is 0 Å². The van der Waals surface area contributed by atoms with Crippen molar-refractivity contribution in [3.05, 3.63) is 81.2 Å². The summed E-state index contributed by atoms with van der Waals surface area (Å²) in [5.41, 5.74) is -0.00358. The van der Waals surface area contributed by atoms with Gasteiger partial charge in [-0.3, -0.25) is 4.79 Å². The summed E-state index contributed by atoms with van der Waals surface area (Å²) in [5.74, 6) is -0.943. The first-order valence-electron chi connectivity index (χ1n) is 9.47. The van der Waals surface area contributed by atoms with Crippen molar-refractivity contribution in [1.29, 1.82) is 0 Å². The van der Waals surface area contributed by atoms with Crippen molar-refractivity contribution in [1.82, 2.24) is 5.32 Å². The molecule has 0 fully saturated rings. The van der Waals surface area contributed by atoms with E-state index in [2.05, 4.69) is 5.32 Å². The molecule has 3 aromatic rings. The molecule has 0 radical (unpaired) electrons. The number of amides is 1. The largest absolute Gasteiger partial charge is 0.423 e. The number of benzene rings is 2. The van der Waals surface area contributed by atoms with E-state index in [-0.39, 0.29) is 16.9 Å². The Balaban J connectivity index is 1.71. The number of methoxy groups -OCH3 is 1. The molecule has 0 aliphatic heterocycles.